The van der Waals surface area contributed by atoms with Gasteiger partial charge in [0.15, 0.2) is 0 Å². The molecule has 4 N–H and O–H groups in total. The van der Waals surface area contributed by atoms with E-state index in [0.717, 1.165) is 66.7 Å². The normalized spacial score (nSPS) is 17.4. The minimum absolute atomic E-state index is 0.206. The second-order valence-corrected chi connectivity index (χ2v) is 10.0. The van der Waals surface area contributed by atoms with Crippen LogP contribution in [0.2, 0.25) is 0 Å². The number of aryl methyl sites for hydroxylation is 2. The van der Waals surface area contributed by atoms with Gasteiger partial charge in [0.1, 0.15) is 9.92 Å². The van der Waals surface area contributed by atoms with Crippen LogP contribution in [0.4, 0.5) is 10.5 Å². The predicted molar refractivity (Wildman–Crippen MR) is 112 cm³/mol. The summed E-state index contributed by atoms with van der Waals surface area (Å²) in [6.45, 7) is 3.25. The molecule has 0 spiro atoms. The zero-order valence-electron chi connectivity index (χ0n) is 16.7. The smallest absolute Gasteiger partial charge is 0.354 e. The Hall–Kier alpha value is -2.29. The van der Waals surface area contributed by atoms with Crippen molar-refractivity contribution in [2.75, 3.05) is 5.32 Å². The summed E-state index contributed by atoms with van der Waals surface area (Å²) in [7, 11) is -3.45. The number of amides is 2. The molecule has 0 aliphatic heterocycles. The van der Waals surface area contributed by atoms with Crippen molar-refractivity contribution in [1.82, 2.24) is 4.98 Å². The molecule has 1 atom stereocenters. The number of anilines is 1. The van der Waals surface area contributed by atoms with Crippen molar-refractivity contribution in [3.8, 4) is 0 Å². The second-order valence-electron chi connectivity index (χ2n) is 8.22. The molecule has 2 aliphatic rings. The van der Waals surface area contributed by atoms with E-state index in [-0.39, 0.29) is 4.90 Å². The number of hydrogen-bond donors (Lipinski definition) is 3. The zero-order valence-corrected chi connectivity index (χ0v) is 17.5. The summed E-state index contributed by atoms with van der Waals surface area (Å²) in [5.41, 5.74) is 4.46. The largest absolute Gasteiger partial charge is 0.386 e. The molecule has 2 aromatic rings. The summed E-state index contributed by atoms with van der Waals surface area (Å²) in [5, 5.41) is 19.0. The van der Waals surface area contributed by atoms with Crippen LogP contribution in [0.15, 0.2) is 33.5 Å². The Morgan fingerprint density at radius 3 is 2.38 bits per heavy atom. The molecule has 0 saturated heterocycles. The predicted octanol–water partition coefficient (Wildman–Crippen LogP) is 3.22. The van der Waals surface area contributed by atoms with Gasteiger partial charge in [0.25, 0.3) is 0 Å². The fraction of sp³-hybridized carbons (Fsp3) is 0.429. The first-order valence-corrected chi connectivity index (χ1v) is 11.5. The van der Waals surface area contributed by atoms with Crippen molar-refractivity contribution in [3.05, 3.63) is 52.3 Å². The number of aromatic nitrogens is 1. The zero-order chi connectivity index (χ0) is 20.8. The van der Waals surface area contributed by atoms with Gasteiger partial charge in [-0.15, -0.1) is 4.36 Å². The van der Waals surface area contributed by atoms with Gasteiger partial charge < -0.3 is 10.4 Å². The molecule has 8 heteroatoms. The van der Waals surface area contributed by atoms with Crippen molar-refractivity contribution in [1.29, 1.82) is 0 Å². The highest BCUT2D eigenvalue weighted by Gasteiger charge is 2.27. The third-order valence-corrected chi connectivity index (χ3v) is 6.95. The van der Waals surface area contributed by atoms with Crippen LogP contribution in [0, 0.1) is 0 Å². The Morgan fingerprint density at radius 1 is 1.17 bits per heavy atom. The first kappa shape index (κ1) is 20.0. The molecule has 1 aromatic heterocycles. The summed E-state index contributed by atoms with van der Waals surface area (Å²) in [4.78, 5) is 17.7. The van der Waals surface area contributed by atoms with Crippen LogP contribution >= 0.6 is 0 Å². The highest BCUT2D eigenvalue weighted by molar-refractivity contribution is 7.91. The summed E-state index contributed by atoms with van der Waals surface area (Å²) < 4.78 is 16.8. The third-order valence-electron chi connectivity index (χ3n) is 5.58. The number of nitrogens with zero attached hydrogens (tertiary/aromatic N) is 2. The first-order chi connectivity index (χ1) is 13.6. The van der Waals surface area contributed by atoms with E-state index in [4.69, 9.17) is 10.1 Å². The monoisotopic (exact) mass is 414 g/mol. The number of hydrogen-bond acceptors (Lipinski definition) is 4. The standard InChI is InChI=1S/C21H26N4O3S/c1-21(2,27)13-6-3-7-14(12-13)29(22,28)25-20(26)24-19-15-8-4-10-17(15)23-18-11-5-9-16(18)19/h3,6-7,12,27H,4-5,8-11H2,1-2H3,(H3,22,23,24,25,26,28)/t29-/m0/s1. The third kappa shape index (κ3) is 3.92. The van der Waals surface area contributed by atoms with Crippen molar-refractivity contribution in [3.63, 3.8) is 0 Å². The van der Waals surface area contributed by atoms with E-state index < -0.39 is 21.5 Å². The Balaban J connectivity index is 1.67. The van der Waals surface area contributed by atoms with Crippen molar-refractivity contribution >= 4 is 21.6 Å². The van der Waals surface area contributed by atoms with E-state index in [1.54, 1.807) is 32.0 Å². The minimum atomic E-state index is -3.45. The molecule has 1 heterocycles. The van der Waals surface area contributed by atoms with Gasteiger partial charge in [-0.3, -0.25) is 4.98 Å². The Bertz CT molecular complexity index is 1080. The lowest BCUT2D eigenvalue weighted by Crippen LogP contribution is -2.20. The summed E-state index contributed by atoms with van der Waals surface area (Å²) in [6.07, 6.45) is 5.61. The number of benzene rings is 1. The molecule has 4 rings (SSSR count). The quantitative estimate of drug-likeness (QED) is 0.714. The number of carbonyl (C=O) groups is 1. The maximum absolute atomic E-state index is 13.0. The number of nitrogens with two attached hydrogens (primary N) is 1. The molecule has 0 fully saturated rings. The number of urea groups is 1. The highest BCUT2D eigenvalue weighted by atomic mass is 32.2. The van der Waals surface area contributed by atoms with Crippen molar-refractivity contribution in [2.24, 2.45) is 9.50 Å². The lowest BCUT2D eigenvalue weighted by atomic mass is 9.99. The fourth-order valence-corrected chi connectivity index (χ4v) is 5.07. The average molecular weight is 415 g/mol. The van der Waals surface area contributed by atoms with Crippen LogP contribution in [0.1, 0.15) is 54.8 Å². The average Bonchev–Trinajstić information content (AvgIpc) is 3.29. The minimum Gasteiger partial charge on any atom is -0.386 e. The maximum Gasteiger partial charge on any atom is 0.354 e. The van der Waals surface area contributed by atoms with Crippen LogP contribution in [0.5, 0.6) is 0 Å². The Kier molecular flexibility index (Phi) is 4.96. The van der Waals surface area contributed by atoms with Crippen LogP contribution in [-0.4, -0.2) is 20.3 Å². The van der Waals surface area contributed by atoms with E-state index in [0.29, 0.717) is 5.56 Å². The number of aliphatic hydroxyl groups is 1. The van der Waals surface area contributed by atoms with Crippen LogP contribution in [0.25, 0.3) is 0 Å². The van der Waals surface area contributed by atoms with Gasteiger partial charge in [0, 0.05) is 11.4 Å². The van der Waals surface area contributed by atoms with Crippen molar-refractivity contribution in [2.45, 2.75) is 62.9 Å². The molecular formula is C21H26N4O3S. The van der Waals surface area contributed by atoms with Crippen molar-refractivity contribution < 1.29 is 14.1 Å². The second kappa shape index (κ2) is 7.19. The summed E-state index contributed by atoms with van der Waals surface area (Å²) in [6, 6.07) is 5.71. The molecule has 29 heavy (non-hydrogen) atoms. The molecule has 0 bridgehead atoms. The first-order valence-electron chi connectivity index (χ1n) is 9.87. The van der Waals surface area contributed by atoms with E-state index in [1.807, 2.05) is 0 Å². The summed E-state index contributed by atoms with van der Waals surface area (Å²) >= 11 is 0. The van der Waals surface area contributed by atoms with E-state index >= 15 is 0 Å². The van der Waals surface area contributed by atoms with Gasteiger partial charge in [-0.1, -0.05) is 12.1 Å². The van der Waals surface area contributed by atoms with E-state index in [9.17, 15) is 14.1 Å². The molecule has 0 unspecified atom stereocenters. The van der Waals surface area contributed by atoms with Crippen LogP contribution in [0.3, 0.4) is 0 Å². The number of carbonyl (C=O) groups excluding carboxylic acids is 1. The van der Waals surface area contributed by atoms with Gasteiger partial charge in [-0.2, -0.15) is 0 Å². The highest BCUT2D eigenvalue weighted by Crippen LogP contribution is 2.36. The molecule has 2 aliphatic carbocycles. The van der Waals surface area contributed by atoms with Gasteiger partial charge in [0.05, 0.1) is 16.2 Å². The lowest BCUT2D eigenvalue weighted by Gasteiger charge is -2.18. The van der Waals surface area contributed by atoms with Gasteiger partial charge in [-0.25, -0.2) is 14.1 Å². The number of fused-ring (bicyclic) bond motifs is 2. The van der Waals surface area contributed by atoms with Gasteiger partial charge >= 0.3 is 6.03 Å². The molecule has 2 amide bonds. The number of rotatable bonds is 3. The molecule has 0 radical (unpaired) electrons. The maximum atomic E-state index is 13.0. The molecule has 154 valence electrons. The molecular weight excluding hydrogens is 388 g/mol. The molecule has 0 saturated carbocycles. The van der Waals surface area contributed by atoms with Crippen LogP contribution in [-0.2, 0) is 41.2 Å². The van der Waals surface area contributed by atoms with E-state index in [1.165, 1.54) is 6.07 Å². The number of nitrogens with one attached hydrogen (secondary N) is 1. The molecule has 1 aromatic carbocycles. The Morgan fingerprint density at radius 2 is 1.79 bits per heavy atom. The van der Waals surface area contributed by atoms with Gasteiger partial charge in [0.2, 0.25) is 0 Å². The topological polar surface area (TPSA) is 118 Å². The lowest BCUT2D eigenvalue weighted by molar-refractivity contribution is 0.0784. The van der Waals surface area contributed by atoms with E-state index in [2.05, 4.69) is 9.68 Å². The summed E-state index contributed by atoms with van der Waals surface area (Å²) in [5.74, 6) is 0. The van der Waals surface area contributed by atoms with Gasteiger partial charge in [-0.05, 0) is 81.2 Å². The fourth-order valence-electron chi connectivity index (χ4n) is 4.10. The molecule has 7 nitrogen and oxygen atoms in total. The number of pyridine rings is 1. The SMILES string of the molecule is CC(C)(O)c1cccc([S@@](N)(=O)=NC(=O)Nc2c3c(nc4c2CCC4)CCC3)c1. The Labute approximate surface area is 171 Å². The van der Waals surface area contributed by atoms with Crippen LogP contribution < -0.4 is 10.5 Å².